The molecule has 1 aromatic rings. The lowest BCUT2D eigenvalue weighted by molar-refractivity contribution is -0.118. The fourth-order valence-corrected chi connectivity index (χ4v) is 3.86. The summed E-state index contributed by atoms with van der Waals surface area (Å²) in [5.41, 5.74) is 2.01. The predicted molar refractivity (Wildman–Crippen MR) is 108 cm³/mol. The van der Waals surface area contributed by atoms with Gasteiger partial charge in [0.1, 0.15) is 0 Å². The highest BCUT2D eigenvalue weighted by Gasteiger charge is 2.26. The van der Waals surface area contributed by atoms with Crippen molar-refractivity contribution >= 4 is 11.7 Å². The molecule has 0 aromatic heterocycles. The van der Waals surface area contributed by atoms with Gasteiger partial charge in [0.15, 0.2) is 5.78 Å². The van der Waals surface area contributed by atoms with Crippen LogP contribution in [0.5, 0.6) is 0 Å². The van der Waals surface area contributed by atoms with E-state index in [1.54, 1.807) is 0 Å². The summed E-state index contributed by atoms with van der Waals surface area (Å²) in [4.78, 5) is 24.1. The molecular weight excluding hydrogens is 322 g/mol. The monoisotopic (exact) mass is 357 g/mol. The van der Waals surface area contributed by atoms with Crippen molar-refractivity contribution in [1.82, 2.24) is 5.32 Å². The van der Waals surface area contributed by atoms with Crippen LogP contribution in [0.15, 0.2) is 24.3 Å². The molecule has 0 spiro atoms. The summed E-state index contributed by atoms with van der Waals surface area (Å²) < 4.78 is 0. The minimum absolute atomic E-state index is 0.121. The van der Waals surface area contributed by atoms with Crippen molar-refractivity contribution in [3.63, 3.8) is 0 Å². The highest BCUT2D eigenvalue weighted by atomic mass is 16.2. The van der Waals surface area contributed by atoms with Crippen LogP contribution in [-0.4, -0.2) is 17.7 Å². The number of unbranched alkanes of at least 4 members (excludes halogenated alkanes) is 4. The van der Waals surface area contributed by atoms with Gasteiger partial charge < -0.3 is 5.32 Å². The topological polar surface area (TPSA) is 46.2 Å². The number of ketones is 1. The zero-order valence-electron chi connectivity index (χ0n) is 16.6. The Balaban J connectivity index is 1.94. The molecule has 2 atom stereocenters. The van der Waals surface area contributed by atoms with Crippen LogP contribution in [-0.2, 0) is 4.79 Å². The van der Waals surface area contributed by atoms with Crippen molar-refractivity contribution in [2.45, 2.75) is 96.4 Å². The van der Waals surface area contributed by atoms with Gasteiger partial charge in [0.05, 0.1) is 6.04 Å². The maximum Gasteiger partial charge on any atom is 0.251 e. The fraction of sp³-hybridized carbons (Fsp3) is 0.652. The van der Waals surface area contributed by atoms with Crippen molar-refractivity contribution in [3.05, 3.63) is 35.4 Å². The summed E-state index contributed by atoms with van der Waals surface area (Å²) in [6.07, 6.45) is 12.4. The molecule has 0 heterocycles. The van der Waals surface area contributed by atoms with Crippen LogP contribution in [0.25, 0.3) is 0 Å². The van der Waals surface area contributed by atoms with Gasteiger partial charge in [-0.1, -0.05) is 64.5 Å². The molecule has 144 valence electrons. The lowest BCUT2D eigenvalue weighted by atomic mass is 9.88. The van der Waals surface area contributed by atoms with Gasteiger partial charge in [-0.15, -0.1) is 0 Å². The quantitative estimate of drug-likeness (QED) is 0.510. The molecule has 1 N–H and O–H groups in total. The molecule has 0 aliphatic heterocycles. The molecule has 3 heteroatoms. The van der Waals surface area contributed by atoms with E-state index in [2.05, 4.69) is 31.3 Å². The third kappa shape index (κ3) is 6.26. The first kappa shape index (κ1) is 20.7. The van der Waals surface area contributed by atoms with Crippen LogP contribution in [0.2, 0.25) is 0 Å². The van der Waals surface area contributed by atoms with E-state index >= 15 is 0 Å². The largest absolute Gasteiger partial charge is 0.342 e. The number of hydrogen-bond donors (Lipinski definition) is 1. The van der Waals surface area contributed by atoms with Crippen molar-refractivity contribution in [1.29, 1.82) is 0 Å². The number of Topliss-reactive ketones (excluding diaryl/α,β-unsaturated/α-hetero) is 1. The number of carbonyl (C=O) groups excluding carboxylic acids is 2. The fourth-order valence-electron chi connectivity index (χ4n) is 3.86. The number of nitrogens with one attached hydrogen (secondary N) is 1. The van der Waals surface area contributed by atoms with Gasteiger partial charge >= 0.3 is 0 Å². The highest BCUT2D eigenvalue weighted by molar-refractivity contribution is 5.98. The second kappa shape index (κ2) is 11.2. The molecule has 0 bridgehead atoms. The molecule has 1 aromatic carbocycles. The summed E-state index contributed by atoms with van der Waals surface area (Å²) in [6, 6.07) is 7.80. The predicted octanol–water partition coefficient (Wildman–Crippen LogP) is 5.78. The standard InChI is InChI=1S/C23H35NO2/c1-3-5-7-8-11-18(10-6-4-2)19-14-16-20(17-15-19)23(26)24-21-12-9-13-22(21)25/h14-18,21H,3-13H2,1-2H3,(H,24,26)/t18?,21-/m1/s1. The molecule has 1 aliphatic rings. The Morgan fingerprint density at radius 1 is 1.04 bits per heavy atom. The van der Waals surface area contributed by atoms with E-state index in [1.807, 2.05) is 12.1 Å². The average Bonchev–Trinajstić information content (AvgIpc) is 3.06. The Labute approximate surface area is 159 Å². The van der Waals surface area contributed by atoms with Gasteiger partial charge in [-0.3, -0.25) is 9.59 Å². The first-order chi connectivity index (χ1) is 12.7. The smallest absolute Gasteiger partial charge is 0.251 e. The zero-order chi connectivity index (χ0) is 18.8. The lowest BCUT2D eigenvalue weighted by Crippen LogP contribution is -2.37. The Bertz CT molecular complexity index is 564. The third-order valence-electron chi connectivity index (χ3n) is 5.57. The van der Waals surface area contributed by atoms with Crippen LogP contribution in [0.1, 0.15) is 106 Å². The van der Waals surface area contributed by atoms with E-state index < -0.39 is 0 Å². The molecule has 0 saturated heterocycles. The van der Waals surface area contributed by atoms with Gasteiger partial charge in [0, 0.05) is 12.0 Å². The first-order valence-corrected chi connectivity index (χ1v) is 10.6. The molecule has 3 nitrogen and oxygen atoms in total. The summed E-state index contributed by atoms with van der Waals surface area (Å²) in [5.74, 6) is 0.645. The molecule has 2 rings (SSSR count). The van der Waals surface area contributed by atoms with E-state index in [9.17, 15) is 9.59 Å². The van der Waals surface area contributed by atoms with E-state index in [1.165, 1.54) is 56.9 Å². The van der Waals surface area contributed by atoms with Gasteiger partial charge in [-0.2, -0.15) is 0 Å². The van der Waals surface area contributed by atoms with Crippen LogP contribution >= 0.6 is 0 Å². The molecule has 1 amide bonds. The molecule has 1 fully saturated rings. The molecule has 26 heavy (non-hydrogen) atoms. The maximum absolute atomic E-state index is 12.4. The Kier molecular flexibility index (Phi) is 8.87. The Hall–Kier alpha value is -1.64. The normalized spacial score (nSPS) is 18.1. The van der Waals surface area contributed by atoms with Crippen LogP contribution in [0.3, 0.4) is 0 Å². The van der Waals surface area contributed by atoms with Gasteiger partial charge in [0.25, 0.3) is 5.91 Å². The van der Waals surface area contributed by atoms with Crippen LogP contribution in [0, 0.1) is 0 Å². The Morgan fingerprint density at radius 3 is 2.35 bits per heavy atom. The van der Waals surface area contributed by atoms with Crippen molar-refractivity contribution in [3.8, 4) is 0 Å². The molecule has 1 aliphatic carbocycles. The maximum atomic E-state index is 12.4. The lowest BCUT2D eigenvalue weighted by Gasteiger charge is -2.18. The molecule has 0 radical (unpaired) electrons. The number of rotatable bonds is 11. The van der Waals surface area contributed by atoms with Crippen LogP contribution < -0.4 is 5.32 Å². The van der Waals surface area contributed by atoms with Crippen molar-refractivity contribution < 1.29 is 9.59 Å². The van der Waals surface area contributed by atoms with Crippen molar-refractivity contribution in [2.24, 2.45) is 0 Å². The third-order valence-corrected chi connectivity index (χ3v) is 5.57. The number of carbonyl (C=O) groups is 2. The van der Waals surface area contributed by atoms with E-state index in [4.69, 9.17) is 0 Å². The summed E-state index contributed by atoms with van der Waals surface area (Å²) >= 11 is 0. The van der Waals surface area contributed by atoms with Gasteiger partial charge in [-0.25, -0.2) is 0 Å². The zero-order valence-corrected chi connectivity index (χ0v) is 16.6. The average molecular weight is 358 g/mol. The van der Waals surface area contributed by atoms with E-state index in [-0.39, 0.29) is 17.7 Å². The van der Waals surface area contributed by atoms with Gasteiger partial charge in [0.2, 0.25) is 0 Å². The summed E-state index contributed by atoms with van der Waals surface area (Å²) in [6.45, 7) is 4.49. The minimum Gasteiger partial charge on any atom is -0.342 e. The number of benzene rings is 1. The summed E-state index contributed by atoms with van der Waals surface area (Å²) in [7, 11) is 0. The second-order valence-electron chi connectivity index (χ2n) is 7.70. The summed E-state index contributed by atoms with van der Waals surface area (Å²) in [5, 5.41) is 2.89. The van der Waals surface area contributed by atoms with Gasteiger partial charge in [-0.05, 0) is 49.3 Å². The van der Waals surface area contributed by atoms with Crippen molar-refractivity contribution in [2.75, 3.05) is 0 Å². The number of hydrogen-bond acceptors (Lipinski definition) is 2. The number of amides is 1. The minimum atomic E-state index is -0.280. The first-order valence-electron chi connectivity index (χ1n) is 10.6. The van der Waals surface area contributed by atoms with E-state index in [0.717, 1.165) is 12.8 Å². The highest BCUT2D eigenvalue weighted by Crippen LogP contribution is 2.28. The Morgan fingerprint density at radius 2 is 1.73 bits per heavy atom. The second-order valence-corrected chi connectivity index (χ2v) is 7.70. The molecular formula is C23H35NO2. The SMILES string of the molecule is CCCCCCC(CCCC)c1ccc(C(=O)N[C@@H]2CCCC2=O)cc1. The van der Waals surface area contributed by atoms with Crippen LogP contribution in [0.4, 0.5) is 0 Å². The van der Waals surface area contributed by atoms with E-state index in [0.29, 0.717) is 17.9 Å². The molecule has 1 unspecified atom stereocenters. The molecule has 1 saturated carbocycles.